The minimum Gasteiger partial charge on any atom is -0.378 e. The molecule has 2 saturated heterocycles. The lowest BCUT2D eigenvalue weighted by Gasteiger charge is -2.28. The number of ether oxygens (including phenoxy) is 1. The first-order valence-electron chi connectivity index (χ1n) is 10.0. The van der Waals surface area contributed by atoms with Gasteiger partial charge in [-0.3, -0.25) is 9.59 Å². The molecule has 2 aromatic rings. The van der Waals surface area contributed by atoms with Gasteiger partial charge in [-0.2, -0.15) is 0 Å². The topological polar surface area (TPSA) is 61.9 Å². The Morgan fingerprint density at radius 1 is 0.931 bits per heavy atom. The lowest BCUT2D eigenvalue weighted by molar-refractivity contribution is -0.117. The Hall–Kier alpha value is -3.12. The van der Waals surface area contributed by atoms with E-state index in [2.05, 4.69) is 10.2 Å². The number of nitrogens with one attached hydrogen (secondary N) is 1. The van der Waals surface area contributed by atoms with Gasteiger partial charge >= 0.3 is 0 Å². The van der Waals surface area contributed by atoms with E-state index in [1.165, 1.54) is 6.08 Å². The Morgan fingerprint density at radius 2 is 1.62 bits per heavy atom. The normalized spacial score (nSPS) is 17.2. The van der Waals surface area contributed by atoms with E-state index in [-0.39, 0.29) is 11.8 Å². The molecule has 0 saturated carbocycles. The minimum absolute atomic E-state index is 0.173. The van der Waals surface area contributed by atoms with Gasteiger partial charge in [0.05, 0.1) is 13.2 Å². The molecule has 0 spiro atoms. The van der Waals surface area contributed by atoms with Crippen molar-refractivity contribution in [2.45, 2.75) is 12.8 Å². The number of hydrogen-bond donors (Lipinski definition) is 1. The van der Waals surface area contributed by atoms with Gasteiger partial charge in [-0.1, -0.05) is 12.1 Å². The standard InChI is InChI=1S/C23H25N3O3/c27-22(24-19-6-10-20(11-7-19)25-14-16-29-17-15-25)12-5-18-3-8-21(9-4-18)26-13-1-2-23(26)28/h3-12H,1-2,13-17H2,(H,24,27)/b12-5+. The largest absolute Gasteiger partial charge is 0.378 e. The first-order valence-corrected chi connectivity index (χ1v) is 10.0. The van der Waals surface area contributed by atoms with Crippen LogP contribution in [0.25, 0.3) is 6.08 Å². The highest BCUT2D eigenvalue weighted by Crippen LogP contribution is 2.22. The summed E-state index contributed by atoms with van der Waals surface area (Å²) >= 11 is 0. The molecule has 6 heteroatoms. The van der Waals surface area contributed by atoms with Crippen LogP contribution in [0, 0.1) is 0 Å². The van der Waals surface area contributed by atoms with E-state index in [0.717, 1.165) is 61.9 Å². The molecule has 0 atom stereocenters. The van der Waals surface area contributed by atoms with Crippen LogP contribution in [-0.4, -0.2) is 44.7 Å². The van der Waals surface area contributed by atoms with Crippen LogP contribution in [0.3, 0.4) is 0 Å². The molecular weight excluding hydrogens is 366 g/mol. The highest BCUT2D eigenvalue weighted by atomic mass is 16.5. The summed E-state index contributed by atoms with van der Waals surface area (Å²) in [5.74, 6) is -0.00442. The van der Waals surface area contributed by atoms with E-state index in [0.29, 0.717) is 6.42 Å². The highest BCUT2D eigenvalue weighted by Gasteiger charge is 2.21. The minimum atomic E-state index is -0.178. The van der Waals surface area contributed by atoms with E-state index >= 15 is 0 Å². The molecule has 2 fully saturated rings. The molecule has 29 heavy (non-hydrogen) atoms. The van der Waals surface area contributed by atoms with Gasteiger partial charge in [0.25, 0.3) is 0 Å². The van der Waals surface area contributed by atoms with Crippen molar-refractivity contribution in [3.63, 3.8) is 0 Å². The molecule has 2 aliphatic rings. The van der Waals surface area contributed by atoms with E-state index in [4.69, 9.17) is 4.74 Å². The summed E-state index contributed by atoms with van der Waals surface area (Å²) in [6.07, 6.45) is 4.82. The van der Waals surface area contributed by atoms with Crippen molar-refractivity contribution in [3.05, 3.63) is 60.2 Å². The van der Waals surface area contributed by atoms with Crippen LogP contribution in [0.2, 0.25) is 0 Å². The zero-order chi connectivity index (χ0) is 20.1. The number of benzene rings is 2. The van der Waals surface area contributed by atoms with Gasteiger partial charge in [0.2, 0.25) is 11.8 Å². The maximum absolute atomic E-state index is 12.2. The third-order valence-electron chi connectivity index (χ3n) is 5.22. The summed E-state index contributed by atoms with van der Waals surface area (Å²) in [6, 6.07) is 15.5. The zero-order valence-electron chi connectivity index (χ0n) is 16.3. The maximum atomic E-state index is 12.2. The molecule has 0 aromatic heterocycles. The molecule has 2 amide bonds. The SMILES string of the molecule is O=C(/C=C/c1ccc(N2CCCC2=O)cc1)Nc1ccc(N2CCOCC2)cc1. The van der Waals surface area contributed by atoms with Crippen LogP contribution in [0.15, 0.2) is 54.6 Å². The van der Waals surface area contributed by atoms with Crippen molar-refractivity contribution < 1.29 is 14.3 Å². The van der Waals surface area contributed by atoms with Gasteiger partial charge < -0.3 is 19.9 Å². The molecule has 0 unspecified atom stereocenters. The molecule has 2 heterocycles. The van der Waals surface area contributed by atoms with Gasteiger partial charge in [-0.05, 0) is 54.5 Å². The van der Waals surface area contributed by atoms with Crippen molar-refractivity contribution in [1.29, 1.82) is 0 Å². The number of rotatable bonds is 5. The van der Waals surface area contributed by atoms with Crippen LogP contribution < -0.4 is 15.1 Å². The van der Waals surface area contributed by atoms with Gasteiger partial charge in [0.15, 0.2) is 0 Å². The number of nitrogens with zero attached hydrogens (tertiary/aromatic N) is 2. The predicted octanol–water partition coefficient (Wildman–Crippen LogP) is 3.30. The Balaban J connectivity index is 1.32. The highest BCUT2D eigenvalue weighted by molar-refractivity contribution is 6.02. The molecule has 0 radical (unpaired) electrons. The lowest BCUT2D eigenvalue weighted by atomic mass is 10.2. The lowest BCUT2D eigenvalue weighted by Crippen LogP contribution is -2.36. The Bertz CT molecular complexity index is 885. The third kappa shape index (κ3) is 4.84. The van der Waals surface area contributed by atoms with Gasteiger partial charge in [0, 0.05) is 49.2 Å². The van der Waals surface area contributed by atoms with Gasteiger partial charge in [-0.25, -0.2) is 0 Å². The third-order valence-corrected chi connectivity index (χ3v) is 5.22. The summed E-state index contributed by atoms with van der Waals surface area (Å²) in [5.41, 5.74) is 3.73. The molecule has 150 valence electrons. The van der Waals surface area contributed by atoms with E-state index in [1.54, 1.807) is 11.0 Å². The monoisotopic (exact) mass is 391 g/mol. The number of carbonyl (C=O) groups excluding carboxylic acids is 2. The fourth-order valence-corrected chi connectivity index (χ4v) is 3.62. The fourth-order valence-electron chi connectivity index (χ4n) is 3.62. The number of anilines is 3. The van der Waals surface area contributed by atoms with Crippen LogP contribution in [0.5, 0.6) is 0 Å². The van der Waals surface area contributed by atoms with Crippen LogP contribution in [0.4, 0.5) is 17.1 Å². The second-order valence-corrected chi connectivity index (χ2v) is 7.21. The van der Waals surface area contributed by atoms with E-state index < -0.39 is 0 Å². The molecule has 2 aliphatic heterocycles. The zero-order valence-corrected chi connectivity index (χ0v) is 16.3. The molecular formula is C23H25N3O3. The van der Waals surface area contributed by atoms with Crippen molar-refractivity contribution in [1.82, 2.24) is 0 Å². The summed E-state index contributed by atoms with van der Waals surface area (Å²) in [7, 11) is 0. The molecule has 1 N–H and O–H groups in total. The maximum Gasteiger partial charge on any atom is 0.248 e. The Labute approximate surface area is 170 Å². The molecule has 6 nitrogen and oxygen atoms in total. The van der Waals surface area contributed by atoms with Crippen molar-refractivity contribution in [3.8, 4) is 0 Å². The fraction of sp³-hybridized carbons (Fsp3) is 0.304. The molecule has 0 aliphatic carbocycles. The Morgan fingerprint density at radius 3 is 2.28 bits per heavy atom. The second kappa shape index (κ2) is 8.92. The van der Waals surface area contributed by atoms with Crippen LogP contribution in [0.1, 0.15) is 18.4 Å². The quantitative estimate of drug-likeness (QED) is 0.795. The Kier molecular flexibility index (Phi) is 5.91. The van der Waals surface area contributed by atoms with Crippen molar-refractivity contribution in [2.75, 3.05) is 48.0 Å². The molecule has 2 aromatic carbocycles. The second-order valence-electron chi connectivity index (χ2n) is 7.21. The number of amides is 2. The number of hydrogen-bond acceptors (Lipinski definition) is 4. The summed E-state index contributed by atoms with van der Waals surface area (Å²) in [6.45, 7) is 4.05. The van der Waals surface area contributed by atoms with Crippen LogP contribution in [-0.2, 0) is 14.3 Å². The van der Waals surface area contributed by atoms with E-state index in [1.807, 2.05) is 48.5 Å². The number of carbonyl (C=O) groups is 2. The van der Waals surface area contributed by atoms with E-state index in [9.17, 15) is 9.59 Å². The number of morpholine rings is 1. The first kappa shape index (κ1) is 19.2. The average molecular weight is 391 g/mol. The predicted molar refractivity (Wildman–Crippen MR) is 115 cm³/mol. The van der Waals surface area contributed by atoms with Gasteiger partial charge in [0.1, 0.15) is 0 Å². The average Bonchev–Trinajstić information content (AvgIpc) is 3.20. The molecule has 4 rings (SSSR count). The van der Waals surface area contributed by atoms with Crippen LogP contribution >= 0.6 is 0 Å². The summed E-state index contributed by atoms with van der Waals surface area (Å²) in [4.78, 5) is 28.1. The molecule has 0 bridgehead atoms. The summed E-state index contributed by atoms with van der Waals surface area (Å²) in [5, 5.41) is 2.88. The summed E-state index contributed by atoms with van der Waals surface area (Å²) < 4.78 is 5.37. The van der Waals surface area contributed by atoms with Crippen molar-refractivity contribution in [2.24, 2.45) is 0 Å². The van der Waals surface area contributed by atoms with Gasteiger partial charge in [-0.15, -0.1) is 0 Å². The smallest absolute Gasteiger partial charge is 0.248 e. The first-order chi connectivity index (χ1) is 14.2. The van der Waals surface area contributed by atoms with Crippen molar-refractivity contribution >= 4 is 35.0 Å².